The van der Waals surface area contributed by atoms with Gasteiger partial charge in [-0.1, -0.05) is 126 Å². The summed E-state index contributed by atoms with van der Waals surface area (Å²) in [5.41, 5.74) is 0. The Morgan fingerprint density at radius 3 is 1.16 bits per heavy atom. The summed E-state index contributed by atoms with van der Waals surface area (Å²) < 4.78 is 44.6. The summed E-state index contributed by atoms with van der Waals surface area (Å²) in [6.07, 6.45) is 9.41. The Balaban J connectivity index is -0.000000206. The third-order valence-electron chi connectivity index (χ3n) is 5.99. The van der Waals surface area contributed by atoms with E-state index in [1.54, 1.807) is 0 Å². The third-order valence-corrected chi connectivity index (χ3v) is 7.01. The van der Waals surface area contributed by atoms with Gasteiger partial charge in [0.1, 0.15) is 0 Å². The summed E-state index contributed by atoms with van der Waals surface area (Å²) in [5, 5.41) is 0. The molecule has 1 N–H and O–H groups in total. The topological polar surface area (TPSA) is 92.7 Å². The lowest BCUT2D eigenvalue weighted by molar-refractivity contribution is -0.0318. The van der Waals surface area contributed by atoms with Crippen LogP contribution in [0.4, 0.5) is 0 Å². The molecule has 0 rings (SSSR count). The van der Waals surface area contributed by atoms with Gasteiger partial charge in [-0.2, -0.15) is 0 Å². The van der Waals surface area contributed by atoms with Crippen molar-refractivity contribution in [3.8, 4) is 0 Å². The van der Waals surface area contributed by atoms with Crippen molar-refractivity contribution < 1.29 is 37.5 Å². The second kappa shape index (κ2) is 44.1. The van der Waals surface area contributed by atoms with Crippen molar-refractivity contribution in [3.63, 3.8) is 0 Å². The van der Waals surface area contributed by atoms with Crippen molar-refractivity contribution in [2.24, 2.45) is 11.8 Å². The van der Waals surface area contributed by atoms with E-state index < -0.39 is 7.82 Å². The van der Waals surface area contributed by atoms with Gasteiger partial charge in [-0.05, 0) is 38.5 Å². The zero-order chi connectivity index (χ0) is 26.4. The van der Waals surface area contributed by atoms with E-state index in [0.717, 1.165) is 26.1 Å². The van der Waals surface area contributed by atoms with Crippen LogP contribution < -0.4 is 0 Å². The Labute approximate surface area is 274 Å². The van der Waals surface area contributed by atoms with E-state index in [9.17, 15) is 9.46 Å². The van der Waals surface area contributed by atoms with Gasteiger partial charge < -0.3 is 23.8 Å². The summed E-state index contributed by atoms with van der Waals surface area (Å²) in [7, 11) is -4.12. The van der Waals surface area contributed by atoms with Crippen LogP contribution in [0.5, 0.6) is 0 Å². The van der Waals surface area contributed by atoms with Crippen LogP contribution in [0.15, 0.2) is 0 Å². The van der Waals surface area contributed by atoms with Crippen LogP contribution in [0, 0.1) is 11.8 Å². The van der Waals surface area contributed by atoms with Crippen LogP contribution in [-0.4, -0.2) is 70.0 Å². The molecule has 4 atom stereocenters. The molecular weight excluding hydrogens is 567 g/mol. The maximum atomic E-state index is 12.0. The standard InChI is InChI=1S/C26H55O8P.8CH4/c1-7-11-13-25(9-3)21-31-23(5)19-29-15-17-33-35(27,28)34-18-16-30-20-24(6)32-22-26(10-4)14-12-8-2;;;;;;;;/h23-26H,7-22H2,1-6H3,(H,27,28);8*1H4. The second-order valence-electron chi connectivity index (χ2n) is 9.41. The van der Waals surface area contributed by atoms with Gasteiger partial charge in [-0.3, -0.25) is 9.05 Å². The molecule has 0 aliphatic carbocycles. The molecule has 0 aliphatic rings. The zero-order valence-corrected chi connectivity index (χ0v) is 24.3. The molecule has 4 unspecified atom stereocenters. The summed E-state index contributed by atoms with van der Waals surface area (Å²) in [6, 6.07) is 0. The Morgan fingerprint density at radius 1 is 0.558 bits per heavy atom. The molecule has 0 saturated heterocycles. The molecule has 8 nitrogen and oxygen atoms in total. The quantitative estimate of drug-likeness (QED) is 0.0727. The number of unbranched alkanes of at least 4 members (excludes halogenated alkanes) is 2. The van der Waals surface area contributed by atoms with Crippen LogP contribution >= 0.6 is 7.82 Å². The lowest BCUT2D eigenvalue weighted by Crippen LogP contribution is -2.21. The van der Waals surface area contributed by atoms with Crippen LogP contribution in [0.25, 0.3) is 0 Å². The molecule has 0 aromatic rings. The molecule has 0 radical (unpaired) electrons. The number of phosphoric acid groups is 1. The minimum atomic E-state index is -4.12. The molecule has 43 heavy (non-hydrogen) atoms. The highest BCUT2D eigenvalue weighted by atomic mass is 31.2. The van der Waals surface area contributed by atoms with Crippen LogP contribution in [-0.2, 0) is 32.6 Å². The van der Waals surface area contributed by atoms with Crippen molar-refractivity contribution in [2.45, 2.75) is 165 Å². The van der Waals surface area contributed by atoms with Gasteiger partial charge in [0.15, 0.2) is 0 Å². The molecule has 9 heteroatoms. The predicted octanol–water partition coefficient (Wildman–Crippen LogP) is 11.5. The van der Waals surface area contributed by atoms with Crippen LogP contribution in [0.1, 0.15) is 152 Å². The fourth-order valence-electron chi connectivity index (χ4n) is 3.45. The van der Waals surface area contributed by atoms with Crippen molar-refractivity contribution in [1.29, 1.82) is 0 Å². The highest BCUT2D eigenvalue weighted by Crippen LogP contribution is 2.42. The van der Waals surface area contributed by atoms with Crippen molar-refractivity contribution in [1.82, 2.24) is 0 Å². The first-order valence-corrected chi connectivity index (χ1v) is 15.3. The molecule has 0 bridgehead atoms. The van der Waals surface area contributed by atoms with E-state index in [0.29, 0.717) is 25.0 Å². The molecular formula is C34H87O8P. The zero-order valence-electron chi connectivity index (χ0n) is 23.4. The van der Waals surface area contributed by atoms with Gasteiger partial charge in [0, 0.05) is 13.2 Å². The van der Waals surface area contributed by atoms with Crippen LogP contribution in [0.2, 0.25) is 0 Å². The first-order valence-electron chi connectivity index (χ1n) is 13.8. The Kier molecular flexibility index (Phi) is 67.2. The highest BCUT2D eigenvalue weighted by Gasteiger charge is 2.20. The van der Waals surface area contributed by atoms with E-state index >= 15 is 0 Å². The molecule has 0 fully saturated rings. The molecule has 0 aliphatic heterocycles. The molecule has 0 amide bonds. The van der Waals surface area contributed by atoms with E-state index in [1.165, 1.54) is 38.5 Å². The Bertz CT molecular complexity index is 471. The normalized spacial score (nSPS) is 13.9. The van der Waals surface area contributed by atoms with Gasteiger partial charge in [-0.15, -0.1) is 0 Å². The highest BCUT2D eigenvalue weighted by molar-refractivity contribution is 7.47. The lowest BCUT2D eigenvalue weighted by Gasteiger charge is -2.19. The minimum absolute atomic E-state index is 0. The fourth-order valence-corrected chi connectivity index (χ4v) is 4.14. The maximum Gasteiger partial charge on any atom is 0.472 e. The summed E-state index contributed by atoms with van der Waals surface area (Å²) in [5.74, 6) is 1.17. The summed E-state index contributed by atoms with van der Waals surface area (Å²) in [4.78, 5) is 9.77. The van der Waals surface area contributed by atoms with Crippen molar-refractivity contribution >= 4 is 7.82 Å². The molecule has 0 aromatic heterocycles. The van der Waals surface area contributed by atoms with E-state index in [2.05, 4.69) is 27.7 Å². The maximum absolute atomic E-state index is 12.0. The predicted molar refractivity (Wildman–Crippen MR) is 195 cm³/mol. The molecule has 0 saturated carbocycles. The molecule has 276 valence electrons. The number of ether oxygens (including phenoxy) is 4. The Morgan fingerprint density at radius 2 is 0.884 bits per heavy atom. The molecule has 0 aromatic carbocycles. The minimum Gasteiger partial charge on any atom is -0.376 e. The number of phosphoric ester groups is 1. The number of hydrogen-bond acceptors (Lipinski definition) is 7. The average molecular weight is 655 g/mol. The van der Waals surface area contributed by atoms with Gasteiger partial charge in [-0.25, -0.2) is 4.57 Å². The largest absolute Gasteiger partial charge is 0.472 e. The van der Waals surface area contributed by atoms with Crippen molar-refractivity contribution in [2.75, 3.05) is 52.9 Å². The van der Waals surface area contributed by atoms with Gasteiger partial charge in [0.05, 0.1) is 51.8 Å². The van der Waals surface area contributed by atoms with E-state index in [-0.39, 0.29) is 98.0 Å². The van der Waals surface area contributed by atoms with Gasteiger partial charge in [0.2, 0.25) is 0 Å². The monoisotopic (exact) mass is 655 g/mol. The Hall–Kier alpha value is -0.0500. The first-order chi connectivity index (χ1) is 16.8. The third kappa shape index (κ3) is 42.0. The second-order valence-corrected chi connectivity index (χ2v) is 10.9. The van der Waals surface area contributed by atoms with E-state index in [4.69, 9.17) is 28.0 Å². The lowest BCUT2D eigenvalue weighted by atomic mass is 10.0. The molecule has 0 heterocycles. The number of hydrogen-bond donors (Lipinski definition) is 1. The average Bonchev–Trinajstić information content (AvgIpc) is 2.83. The fraction of sp³-hybridized carbons (Fsp3) is 1.00. The first kappa shape index (κ1) is 65.6. The molecule has 0 spiro atoms. The summed E-state index contributed by atoms with van der Waals surface area (Å²) >= 11 is 0. The number of rotatable bonds is 26. The summed E-state index contributed by atoms with van der Waals surface area (Å²) in [6.45, 7) is 15.3. The van der Waals surface area contributed by atoms with Gasteiger partial charge in [0.25, 0.3) is 0 Å². The SMILES string of the molecule is C.C.C.C.C.C.C.C.CCCCC(CC)COC(C)COCCOP(=O)(O)OCCOCC(C)OCC(CC)CCCC. The van der Waals surface area contributed by atoms with Gasteiger partial charge >= 0.3 is 7.82 Å². The van der Waals surface area contributed by atoms with E-state index in [1.807, 2.05) is 13.8 Å². The van der Waals surface area contributed by atoms with Crippen molar-refractivity contribution in [3.05, 3.63) is 0 Å². The van der Waals surface area contributed by atoms with Crippen LogP contribution in [0.3, 0.4) is 0 Å². The smallest absolute Gasteiger partial charge is 0.376 e.